The molecule has 0 unspecified atom stereocenters. The molecule has 0 spiro atoms. The molecule has 7 nitrogen and oxygen atoms in total. The van der Waals surface area contributed by atoms with Gasteiger partial charge in [0.2, 0.25) is 0 Å². The third-order valence-electron chi connectivity index (χ3n) is 6.15. The molecule has 4 heterocycles. The average Bonchev–Trinajstić information content (AvgIpc) is 3.33. The number of hydrogen-bond donors (Lipinski definition) is 1. The van der Waals surface area contributed by atoms with Gasteiger partial charge in [0.25, 0.3) is 5.56 Å². The third kappa shape index (κ3) is 4.42. The van der Waals surface area contributed by atoms with Crippen LogP contribution in [0.15, 0.2) is 34.4 Å². The van der Waals surface area contributed by atoms with Gasteiger partial charge >= 0.3 is 0 Å². The number of H-pyrrole nitrogens is 1. The van der Waals surface area contributed by atoms with Gasteiger partial charge in [-0.2, -0.15) is 0 Å². The van der Waals surface area contributed by atoms with Crippen LogP contribution in [0.4, 0.5) is 0 Å². The molecule has 0 saturated carbocycles. The standard InChI is InChI=1S/C21H23ClN4O3S2/c22-15-3-1-14(2-4-15)17-12-30-21-19(17)20(27)23-18(24-21)11-25-6-8-26(9-7-25)16-5-10-31(28,29)13-16/h1-4,12,16H,5-11,13H2,(H,23,24,27)/t16-/m0/s1. The summed E-state index contributed by atoms with van der Waals surface area (Å²) in [4.78, 5) is 25.8. The Morgan fingerprint density at radius 3 is 2.58 bits per heavy atom. The van der Waals surface area contributed by atoms with Crippen molar-refractivity contribution >= 4 is 43.0 Å². The molecule has 1 N–H and O–H groups in total. The first kappa shape index (κ1) is 21.1. The predicted octanol–water partition coefficient (Wildman–Crippen LogP) is 2.61. The maximum Gasteiger partial charge on any atom is 0.260 e. The van der Waals surface area contributed by atoms with Crippen LogP contribution in [-0.4, -0.2) is 71.9 Å². The SMILES string of the molecule is O=c1[nH]c(CN2CCN([C@H]3CCS(=O)(=O)C3)CC2)nc2scc(-c3ccc(Cl)cc3)c12. The highest BCUT2D eigenvalue weighted by Gasteiger charge is 2.33. The van der Waals surface area contributed by atoms with Crippen molar-refractivity contribution in [3.05, 3.63) is 50.8 Å². The first-order valence-corrected chi connectivity index (χ1v) is 13.4. The highest BCUT2D eigenvalue weighted by molar-refractivity contribution is 7.91. The summed E-state index contributed by atoms with van der Waals surface area (Å²) >= 11 is 7.45. The van der Waals surface area contributed by atoms with Crippen LogP contribution in [0.1, 0.15) is 12.2 Å². The number of rotatable bonds is 4. The number of benzene rings is 1. The number of aromatic amines is 1. The fourth-order valence-corrected chi connectivity index (χ4v) is 7.33. The van der Waals surface area contributed by atoms with E-state index in [0.717, 1.165) is 48.6 Å². The minimum Gasteiger partial charge on any atom is -0.309 e. The molecule has 0 aliphatic carbocycles. The molecule has 2 aliphatic rings. The zero-order valence-corrected chi connectivity index (χ0v) is 19.3. The van der Waals surface area contributed by atoms with E-state index in [2.05, 4.69) is 14.8 Å². The van der Waals surface area contributed by atoms with E-state index >= 15 is 0 Å². The summed E-state index contributed by atoms with van der Waals surface area (Å²) in [5.74, 6) is 1.26. The van der Waals surface area contributed by atoms with Crippen molar-refractivity contribution in [2.75, 3.05) is 37.7 Å². The number of aromatic nitrogens is 2. The van der Waals surface area contributed by atoms with Gasteiger partial charge in [-0.1, -0.05) is 23.7 Å². The topological polar surface area (TPSA) is 86.4 Å². The summed E-state index contributed by atoms with van der Waals surface area (Å²) in [7, 11) is -2.86. The first-order valence-electron chi connectivity index (χ1n) is 10.3. The van der Waals surface area contributed by atoms with E-state index < -0.39 is 9.84 Å². The van der Waals surface area contributed by atoms with Gasteiger partial charge in [-0.3, -0.25) is 14.6 Å². The van der Waals surface area contributed by atoms with Crippen LogP contribution in [-0.2, 0) is 16.4 Å². The van der Waals surface area contributed by atoms with Crippen LogP contribution in [0.2, 0.25) is 5.02 Å². The van der Waals surface area contributed by atoms with E-state index in [0.29, 0.717) is 28.5 Å². The zero-order chi connectivity index (χ0) is 21.6. The summed E-state index contributed by atoms with van der Waals surface area (Å²) in [6.07, 6.45) is 0.738. The largest absolute Gasteiger partial charge is 0.309 e. The van der Waals surface area contributed by atoms with E-state index in [4.69, 9.17) is 16.6 Å². The molecular weight excluding hydrogens is 456 g/mol. The number of nitrogens with one attached hydrogen (secondary N) is 1. The summed E-state index contributed by atoms with van der Waals surface area (Å²) in [6.45, 7) is 3.92. The second-order valence-corrected chi connectivity index (χ2v) is 11.7. The van der Waals surface area contributed by atoms with Gasteiger partial charge in [0.1, 0.15) is 10.7 Å². The quantitative estimate of drug-likeness (QED) is 0.620. The molecule has 0 bridgehead atoms. The lowest BCUT2D eigenvalue weighted by Crippen LogP contribution is -2.50. The van der Waals surface area contributed by atoms with Crippen molar-refractivity contribution in [2.24, 2.45) is 0 Å². The molecule has 3 aromatic rings. The van der Waals surface area contributed by atoms with Gasteiger partial charge < -0.3 is 4.98 Å². The van der Waals surface area contributed by atoms with Gasteiger partial charge in [-0.05, 0) is 24.1 Å². The third-order valence-corrected chi connectivity index (χ3v) is 9.03. The molecule has 31 heavy (non-hydrogen) atoms. The molecule has 2 fully saturated rings. The molecule has 0 amide bonds. The maximum atomic E-state index is 12.9. The maximum absolute atomic E-state index is 12.9. The Balaban J connectivity index is 1.29. The fraction of sp³-hybridized carbons (Fsp3) is 0.429. The minimum absolute atomic E-state index is 0.124. The zero-order valence-electron chi connectivity index (χ0n) is 16.9. The van der Waals surface area contributed by atoms with E-state index in [1.54, 1.807) is 0 Å². The summed E-state index contributed by atoms with van der Waals surface area (Å²) < 4.78 is 23.5. The average molecular weight is 479 g/mol. The molecule has 5 rings (SSSR count). The normalized spacial score (nSPS) is 22.3. The van der Waals surface area contributed by atoms with Crippen LogP contribution in [0.3, 0.4) is 0 Å². The number of halogens is 1. The molecule has 1 aromatic carbocycles. The van der Waals surface area contributed by atoms with Crippen molar-refractivity contribution in [2.45, 2.75) is 19.0 Å². The number of piperazine rings is 1. The fourth-order valence-electron chi connectivity index (χ4n) is 4.47. The Bertz CT molecular complexity index is 1260. The highest BCUT2D eigenvalue weighted by atomic mass is 35.5. The number of hydrogen-bond acceptors (Lipinski definition) is 7. The van der Waals surface area contributed by atoms with Crippen molar-refractivity contribution in [3.8, 4) is 11.1 Å². The van der Waals surface area contributed by atoms with Crippen LogP contribution in [0.5, 0.6) is 0 Å². The van der Waals surface area contributed by atoms with E-state index in [1.807, 2.05) is 29.6 Å². The van der Waals surface area contributed by atoms with Gasteiger partial charge in [0.15, 0.2) is 9.84 Å². The van der Waals surface area contributed by atoms with Crippen molar-refractivity contribution in [1.29, 1.82) is 0 Å². The molecule has 1 atom stereocenters. The number of nitrogens with zero attached hydrogens (tertiary/aromatic N) is 3. The molecule has 10 heteroatoms. The van der Waals surface area contributed by atoms with Crippen molar-refractivity contribution < 1.29 is 8.42 Å². The van der Waals surface area contributed by atoms with Crippen LogP contribution in [0.25, 0.3) is 21.3 Å². The smallest absolute Gasteiger partial charge is 0.260 e. The van der Waals surface area contributed by atoms with Gasteiger partial charge in [0, 0.05) is 48.2 Å². The predicted molar refractivity (Wildman–Crippen MR) is 125 cm³/mol. The van der Waals surface area contributed by atoms with E-state index in [1.165, 1.54) is 11.3 Å². The lowest BCUT2D eigenvalue weighted by molar-refractivity contribution is 0.0984. The summed E-state index contributed by atoms with van der Waals surface area (Å²) in [5, 5.41) is 3.24. The van der Waals surface area contributed by atoms with Gasteiger partial charge in [-0.25, -0.2) is 13.4 Å². The second kappa shape index (κ2) is 8.29. The lowest BCUT2D eigenvalue weighted by Gasteiger charge is -2.37. The second-order valence-electron chi connectivity index (χ2n) is 8.22. The van der Waals surface area contributed by atoms with Crippen molar-refractivity contribution in [3.63, 3.8) is 0 Å². The van der Waals surface area contributed by atoms with Gasteiger partial charge in [0.05, 0.1) is 23.4 Å². The van der Waals surface area contributed by atoms with Crippen LogP contribution < -0.4 is 5.56 Å². The number of sulfone groups is 1. The molecule has 2 aliphatic heterocycles. The van der Waals surface area contributed by atoms with Gasteiger partial charge in [-0.15, -0.1) is 11.3 Å². The minimum atomic E-state index is -2.86. The molecule has 164 valence electrons. The Hall–Kier alpha value is -1.78. The van der Waals surface area contributed by atoms with Crippen molar-refractivity contribution in [1.82, 2.24) is 19.8 Å². The molecule has 2 aromatic heterocycles. The van der Waals surface area contributed by atoms with Crippen LogP contribution >= 0.6 is 22.9 Å². The number of fused-ring (bicyclic) bond motifs is 1. The Labute approximate surface area is 189 Å². The summed E-state index contributed by atoms with van der Waals surface area (Å²) in [6, 6.07) is 7.60. The molecule has 0 radical (unpaired) electrons. The van der Waals surface area contributed by atoms with Crippen LogP contribution in [0, 0.1) is 0 Å². The summed E-state index contributed by atoms with van der Waals surface area (Å²) in [5.41, 5.74) is 1.69. The van der Waals surface area contributed by atoms with E-state index in [9.17, 15) is 13.2 Å². The lowest BCUT2D eigenvalue weighted by atomic mass is 10.1. The molecular formula is C21H23ClN4O3S2. The Kier molecular flexibility index (Phi) is 5.64. The number of thiophene rings is 1. The Morgan fingerprint density at radius 2 is 1.90 bits per heavy atom. The first-order chi connectivity index (χ1) is 14.9. The van der Waals surface area contributed by atoms with E-state index in [-0.39, 0.29) is 17.4 Å². The molecule has 2 saturated heterocycles. The Morgan fingerprint density at radius 1 is 1.16 bits per heavy atom. The monoisotopic (exact) mass is 478 g/mol. The highest BCUT2D eigenvalue weighted by Crippen LogP contribution is 2.31.